The van der Waals surface area contributed by atoms with E-state index in [1.807, 2.05) is 55.5 Å². The molecule has 0 aromatic heterocycles. The minimum atomic E-state index is -0.545. The second-order valence-electron chi connectivity index (χ2n) is 4.74. The highest BCUT2D eigenvalue weighted by Crippen LogP contribution is 2.18. The molecule has 2 aromatic rings. The molecule has 3 nitrogen and oxygen atoms in total. The number of carbonyl (C=O) groups is 1. The van der Waals surface area contributed by atoms with E-state index in [1.165, 1.54) is 0 Å². The van der Waals surface area contributed by atoms with Gasteiger partial charge in [-0.2, -0.15) is 0 Å². The second-order valence-corrected chi connectivity index (χ2v) is 5.99. The summed E-state index contributed by atoms with van der Waals surface area (Å²) in [5.41, 5.74) is 8.89. The van der Waals surface area contributed by atoms with Crippen molar-refractivity contribution in [2.75, 3.05) is 5.32 Å². The number of halogens is 1. The normalized spacial score (nSPS) is 11.9. The number of nitrogens with one attached hydrogen (secondary N) is 1. The summed E-state index contributed by atoms with van der Waals surface area (Å²) in [7, 11) is 0. The molecule has 4 heteroatoms. The number of anilines is 1. The molecule has 0 aliphatic heterocycles. The van der Waals surface area contributed by atoms with Crippen LogP contribution in [-0.4, -0.2) is 11.9 Å². The number of carbonyl (C=O) groups excluding carboxylic acids is 1. The molecule has 0 radical (unpaired) electrons. The first kappa shape index (κ1) is 15.0. The maximum Gasteiger partial charge on any atom is 0.241 e. The van der Waals surface area contributed by atoms with E-state index < -0.39 is 6.04 Å². The molecule has 0 bridgehead atoms. The van der Waals surface area contributed by atoms with E-state index in [0.717, 1.165) is 20.4 Å². The van der Waals surface area contributed by atoms with Crippen LogP contribution in [0.3, 0.4) is 0 Å². The number of aryl methyl sites for hydroxylation is 1. The van der Waals surface area contributed by atoms with Crippen LogP contribution in [0.25, 0.3) is 0 Å². The van der Waals surface area contributed by atoms with E-state index in [9.17, 15) is 4.79 Å². The Kier molecular flexibility index (Phi) is 5.14. The van der Waals surface area contributed by atoms with Gasteiger partial charge in [0, 0.05) is 9.26 Å². The first-order valence-corrected chi connectivity index (χ1v) is 7.50. The molecule has 0 aliphatic rings. The van der Waals surface area contributed by atoms with E-state index in [0.29, 0.717) is 6.42 Å². The van der Waals surface area contributed by atoms with E-state index in [4.69, 9.17) is 5.73 Å². The zero-order chi connectivity index (χ0) is 14.5. The fourth-order valence-electron chi connectivity index (χ4n) is 1.95. The minimum absolute atomic E-state index is 0.154. The fraction of sp³-hybridized carbons (Fsp3) is 0.188. The van der Waals surface area contributed by atoms with Crippen LogP contribution in [0.15, 0.2) is 48.5 Å². The highest BCUT2D eigenvalue weighted by molar-refractivity contribution is 14.1. The van der Waals surface area contributed by atoms with Crippen molar-refractivity contribution in [1.29, 1.82) is 0 Å². The van der Waals surface area contributed by atoms with Gasteiger partial charge >= 0.3 is 0 Å². The zero-order valence-corrected chi connectivity index (χ0v) is 13.4. The number of rotatable bonds is 4. The average Bonchev–Trinajstić information content (AvgIpc) is 2.43. The Hall–Kier alpha value is -1.40. The Bertz CT molecular complexity index is 599. The Labute approximate surface area is 132 Å². The predicted octanol–water partition coefficient (Wildman–Crippen LogP) is 3.11. The lowest BCUT2D eigenvalue weighted by atomic mass is 10.1. The van der Waals surface area contributed by atoms with Gasteiger partial charge in [0.15, 0.2) is 0 Å². The SMILES string of the molecule is Cc1cc(I)ccc1NC(=O)C(N)Cc1ccccc1. The maximum absolute atomic E-state index is 12.1. The summed E-state index contributed by atoms with van der Waals surface area (Å²) in [4.78, 5) is 12.1. The maximum atomic E-state index is 12.1. The third-order valence-corrected chi connectivity index (χ3v) is 3.75. The van der Waals surface area contributed by atoms with Gasteiger partial charge in [0.25, 0.3) is 0 Å². The molecule has 1 unspecified atom stereocenters. The summed E-state index contributed by atoms with van der Waals surface area (Å²) < 4.78 is 1.15. The monoisotopic (exact) mass is 380 g/mol. The smallest absolute Gasteiger partial charge is 0.241 e. The van der Waals surface area contributed by atoms with E-state index in [-0.39, 0.29) is 5.91 Å². The summed E-state index contributed by atoms with van der Waals surface area (Å²) in [6.45, 7) is 1.97. The molecule has 2 rings (SSSR count). The van der Waals surface area contributed by atoms with Crippen molar-refractivity contribution >= 4 is 34.2 Å². The van der Waals surface area contributed by atoms with Gasteiger partial charge in [-0.3, -0.25) is 4.79 Å². The Balaban J connectivity index is 2.01. The number of benzene rings is 2. The molecule has 0 heterocycles. The molecule has 0 fully saturated rings. The third kappa shape index (κ3) is 4.05. The Morgan fingerprint density at radius 2 is 1.95 bits per heavy atom. The largest absolute Gasteiger partial charge is 0.324 e. The van der Waals surface area contributed by atoms with Crippen LogP contribution in [0.2, 0.25) is 0 Å². The lowest BCUT2D eigenvalue weighted by molar-refractivity contribution is -0.117. The lowest BCUT2D eigenvalue weighted by Gasteiger charge is -2.14. The third-order valence-electron chi connectivity index (χ3n) is 3.08. The quantitative estimate of drug-likeness (QED) is 0.801. The minimum Gasteiger partial charge on any atom is -0.324 e. The molecule has 0 saturated carbocycles. The van der Waals surface area contributed by atoms with Crippen LogP contribution in [0, 0.1) is 10.5 Å². The zero-order valence-electron chi connectivity index (χ0n) is 11.3. The highest BCUT2D eigenvalue weighted by atomic mass is 127. The van der Waals surface area contributed by atoms with E-state index >= 15 is 0 Å². The topological polar surface area (TPSA) is 55.1 Å². The van der Waals surface area contributed by atoms with E-state index in [2.05, 4.69) is 27.9 Å². The molecular formula is C16H17IN2O. The first-order chi connectivity index (χ1) is 9.56. The second kappa shape index (κ2) is 6.85. The van der Waals surface area contributed by atoms with Gasteiger partial charge in [-0.05, 0) is 65.3 Å². The van der Waals surface area contributed by atoms with Crippen molar-refractivity contribution in [1.82, 2.24) is 0 Å². The lowest BCUT2D eigenvalue weighted by Crippen LogP contribution is -2.37. The van der Waals surface area contributed by atoms with Gasteiger partial charge in [-0.15, -0.1) is 0 Å². The van der Waals surface area contributed by atoms with Gasteiger partial charge in [0.05, 0.1) is 6.04 Å². The summed E-state index contributed by atoms with van der Waals surface area (Å²) in [5.74, 6) is -0.154. The van der Waals surface area contributed by atoms with E-state index in [1.54, 1.807) is 0 Å². The summed E-state index contributed by atoms with van der Waals surface area (Å²) in [5, 5.41) is 2.89. The number of amides is 1. The predicted molar refractivity (Wildman–Crippen MR) is 90.6 cm³/mol. The van der Waals surface area contributed by atoms with Crippen molar-refractivity contribution in [2.24, 2.45) is 5.73 Å². The molecule has 1 amide bonds. The standard InChI is InChI=1S/C16H17IN2O/c1-11-9-13(17)7-8-15(11)19-16(20)14(18)10-12-5-3-2-4-6-12/h2-9,14H,10,18H2,1H3,(H,19,20). The number of hydrogen-bond acceptors (Lipinski definition) is 2. The molecule has 2 aromatic carbocycles. The fourth-order valence-corrected chi connectivity index (χ4v) is 2.60. The van der Waals surface area contributed by atoms with Gasteiger partial charge in [-0.1, -0.05) is 30.3 Å². The molecule has 0 spiro atoms. The molecule has 20 heavy (non-hydrogen) atoms. The molecule has 0 saturated heterocycles. The Morgan fingerprint density at radius 3 is 2.60 bits per heavy atom. The van der Waals surface area contributed by atoms with Gasteiger partial charge in [0.1, 0.15) is 0 Å². The van der Waals surface area contributed by atoms with Crippen molar-refractivity contribution in [2.45, 2.75) is 19.4 Å². The molecular weight excluding hydrogens is 363 g/mol. The van der Waals surface area contributed by atoms with Crippen LogP contribution in [0.4, 0.5) is 5.69 Å². The van der Waals surface area contributed by atoms with Gasteiger partial charge in [0.2, 0.25) is 5.91 Å². The number of nitrogens with two attached hydrogens (primary N) is 1. The first-order valence-electron chi connectivity index (χ1n) is 6.43. The summed E-state index contributed by atoms with van der Waals surface area (Å²) in [6.07, 6.45) is 0.538. The molecule has 0 aliphatic carbocycles. The average molecular weight is 380 g/mol. The van der Waals surface area contributed by atoms with Gasteiger partial charge < -0.3 is 11.1 Å². The van der Waals surface area contributed by atoms with Crippen LogP contribution < -0.4 is 11.1 Å². The molecule has 1 atom stereocenters. The molecule has 104 valence electrons. The Morgan fingerprint density at radius 1 is 1.25 bits per heavy atom. The van der Waals surface area contributed by atoms with Crippen molar-refractivity contribution < 1.29 is 4.79 Å². The summed E-state index contributed by atoms with van der Waals surface area (Å²) in [6, 6.07) is 15.1. The van der Waals surface area contributed by atoms with Crippen LogP contribution >= 0.6 is 22.6 Å². The van der Waals surface area contributed by atoms with Gasteiger partial charge in [-0.25, -0.2) is 0 Å². The molecule has 3 N–H and O–H groups in total. The van der Waals surface area contributed by atoms with Crippen molar-refractivity contribution in [3.63, 3.8) is 0 Å². The van der Waals surface area contributed by atoms with Crippen LogP contribution in [0.5, 0.6) is 0 Å². The van der Waals surface area contributed by atoms with Crippen LogP contribution in [-0.2, 0) is 11.2 Å². The van der Waals surface area contributed by atoms with Crippen LogP contribution in [0.1, 0.15) is 11.1 Å². The summed E-state index contributed by atoms with van der Waals surface area (Å²) >= 11 is 2.25. The van der Waals surface area contributed by atoms with Crippen molar-refractivity contribution in [3.05, 3.63) is 63.2 Å². The number of hydrogen-bond donors (Lipinski definition) is 2. The van der Waals surface area contributed by atoms with Crippen molar-refractivity contribution in [3.8, 4) is 0 Å². The highest BCUT2D eigenvalue weighted by Gasteiger charge is 2.14.